The second-order valence-corrected chi connectivity index (χ2v) is 2.84. The first-order chi connectivity index (χ1) is 5.38. The van der Waals surface area contributed by atoms with Crippen LogP contribution in [-0.2, 0) is 0 Å². The van der Waals surface area contributed by atoms with Gasteiger partial charge in [-0.15, -0.1) is 0 Å². The molecule has 0 radical (unpaired) electrons. The van der Waals surface area contributed by atoms with Crippen molar-refractivity contribution in [3.05, 3.63) is 0 Å². The summed E-state index contributed by atoms with van der Waals surface area (Å²) in [5, 5.41) is 11.4. The molecule has 2 nitrogen and oxygen atoms in total. The molecule has 1 aliphatic heterocycles. The molecule has 0 bridgehead atoms. The molecule has 1 saturated heterocycles. The molecule has 0 spiro atoms. The summed E-state index contributed by atoms with van der Waals surface area (Å²) in [6.45, 7) is -0.466. The van der Waals surface area contributed by atoms with E-state index in [1.807, 2.05) is 0 Å². The Kier molecular flexibility index (Phi) is 2.31. The largest absolute Gasteiger partial charge is 0.420 e. The lowest BCUT2D eigenvalue weighted by Gasteiger charge is -2.36. The van der Waals surface area contributed by atoms with Crippen LogP contribution in [0.25, 0.3) is 0 Å². The van der Waals surface area contributed by atoms with Gasteiger partial charge in [0.2, 0.25) is 0 Å². The third-order valence-corrected chi connectivity index (χ3v) is 2.02. The molecule has 12 heavy (non-hydrogen) atoms. The van der Waals surface area contributed by atoms with E-state index in [4.69, 9.17) is 5.11 Å². The molecular weight excluding hydrogens is 178 g/mol. The SMILES string of the molecule is OC1(C(F)(F)F)CCNCC1F. The molecule has 72 valence electrons. The highest BCUT2D eigenvalue weighted by Gasteiger charge is 2.59. The molecule has 0 aliphatic carbocycles. The van der Waals surface area contributed by atoms with Crippen LogP contribution in [0.15, 0.2) is 0 Å². The van der Waals surface area contributed by atoms with Gasteiger partial charge in [0.05, 0.1) is 0 Å². The number of hydrogen-bond donors (Lipinski definition) is 2. The van der Waals surface area contributed by atoms with E-state index in [1.165, 1.54) is 0 Å². The van der Waals surface area contributed by atoms with Crippen LogP contribution >= 0.6 is 0 Å². The predicted molar refractivity (Wildman–Crippen MR) is 33.4 cm³/mol. The molecule has 0 aromatic carbocycles. The standard InChI is InChI=1S/C6H9F4NO/c7-4-3-11-2-1-5(4,12)6(8,9)10/h4,11-12H,1-3H2. The number of alkyl halides is 4. The van der Waals surface area contributed by atoms with Gasteiger partial charge in [-0.25, -0.2) is 4.39 Å². The first-order valence-electron chi connectivity index (χ1n) is 3.52. The Hall–Kier alpha value is -0.360. The maximum absolute atomic E-state index is 12.7. The van der Waals surface area contributed by atoms with E-state index in [-0.39, 0.29) is 6.54 Å². The van der Waals surface area contributed by atoms with Crippen LogP contribution in [0.5, 0.6) is 0 Å². The number of aliphatic hydroxyl groups is 1. The normalized spacial score (nSPS) is 38.2. The van der Waals surface area contributed by atoms with E-state index in [9.17, 15) is 17.6 Å². The van der Waals surface area contributed by atoms with Crippen LogP contribution in [0.2, 0.25) is 0 Å². The highest BCUT2D eigenvalue weighted by molar-refractivity contribution is 4.97. The molecule has 0 amide bonds. The van der Waals surface area contributed by atoms with Gasteiger partial charge in [-0.1, -0.05) is 0 Å². The van der Waals surface area contributed by atoms with E-state index in [1.54, 1.807) is 0 Å². The van der Waals surface area contributed by atoms with Gasteiger partial charge in [0.25, 0.3) is 0 Å². The van der Waals surface area contributed by atoms with Crippen molar-refractivity contribution in [1.82, 2.24) is 5.32 Å². The van der Waals surface area contributed by atoms with E-state index in [0.717, 1.165) is 0 Å². The Balaban J connectivity index is 2.79. The Morgan fingerprint density at radius 1 is 1.42 bits per heavy atom. The van der Waals surface area contributed by atoms with Gasteiger partial charge in [-0.05, 0) is 6.54 Å². The number of hydrogen-bond acceptors (Lipinski definition) is 2. The molecule has 0 aromatic heterocycles. The van der Waals surface area contributed by atoms with Crippen molar-refractivity contribution in [2.75, 3.05) is 13.1 Å². The third kappa shape index (κ3) is 1.40. The van der Waals surface area contributed by atoms with Crippen LogP contribution in [0.1, 0.15) is 6.42 Å². The maximum Gasteiger partial charge on any atom is 0.420 e. The Labute approximate surface area is 66.6 Å². The van der Waals surface area contributed by atoms with Crippen molar-refractivity contribution in [3.8, 4) is 0 Å². The van der Waals surface area contributed by atoms with Crippen molar-refractivity contribution < 1.29 is 22.7 Å². The summed E-state index contributed by atoms with van der Waals surface area (Å²) in [6.07, 6.45) is -7.78. The lowest BCUT2D eigenvalue weighted by atomic mass is 9.90. The molecule has 1 fully saturated rings. The fourth-order valence-electron chi connectivity index (χ4n) is 1.15. The summed E-state index contributed by atoms with van der Waals surface area (Å²) in [5.41, 5.74) is -3.15. The second kappa shape index (κ2) is 2.85. The van der Waals surface area contributed by atoms with Crippen molar-refractivity contribution >= 4 is 0 Å². The number of nitrogens with one attached hydrogen (secondary N) is 1. The summed E-state index contributed by atoms with van der Waals surface area (Å²) in [4.78, 5) is 0. The molecular formula is C6H9F4NO. The van der Waals surface area contributed by atoms with Crippen molar-refractivity contribution in [3.63, 3.8) is 0 Å². The monoisotopic (exact) mass is 187 g/mol. The van der Waals surface area contributed by atoms with E-state index in [2.05, 4.69) is 5.32 Å². The number of halogens is 4. The lowest BCUT2D eigenvalue weighted by Crippen LogP contribution is -2.60. The van der Waals surface area contributed by atoms with Crippen LogP contribution in [-0.4, -0.2) is 36.1 Å². The zero-order chi connectivity index (χ0) is 9.41. The predicted octanol–water partition coefficient (Wildman–Crippen LogP) is 0.611. The van der Waals surface area contributed by atoms with Crippen LogP contribution in [0.4, 0.5) is 17.6 Å². The quantitative estimate of drug-likeness (QED) is 0.544. The molecule has 1 rings (SSSR count). The van der Waals surface area contributed by atoms with Gasteiger partial charge in [0, 0.05) is 13.0 Å². The lowest BCUT2D eigenvalue weighted by molar-refractivity contribution is -0.286. The minimum absolute atomic E-state index is 0.0174. The summed E-state index contributed by atoms with van der Waals surface area (Å²) in [7, 11) is 0. The summed E-state index contributed by atoms with van der Waals surface area (Å²) in [6, 6.07) is 0. The average Bonchev–Trinajstić information content (AvgIpc) is 1.93. The molecule has 0 aromatic rings. The molecule has 1 aliphatic rings. The Bertz CT molecular complexity index is 171. The number of rotatable bonds is 0. The zero-order valence-electron chi connectivity index (χ0n) is 6.16. The van der Waals surface area contributed by atoms with Gasteiger partial charge >= 0.3 is 6.18 Å². The summed E-state index contributed by atoms with van der Waals surface area (Å²) in [5.74, 6) is 0. The first kappa shape index (κ1) is 9.73. The summed E-state index contributed by atoms with van der Waals surface area (Å²) < 4.78 is 48.9. The van der Waals surface area contributed by atoms with Crippen molar-refractivity contribution in [2.24, 2.45) is 0 Å². The van der Waals surface area contributed by atoms with Gasteiger partial charge in [-0.3, -0.25) is 0 Å². The molecule has 2 unspecified atom stereocenters. The third-order valence-electron chi connectivity index (χ3n) is 2.02. The van der Waals surface area contributed by atoms with E-state index >= 15 is 0 Å². The van der Waals surface area contributed by atoms with Gasteiger partial charge < -0.3 is 10.4 Å². The van der Waals surface area contributed by atoms with Gasteiger partial charge in [0.15, 0.2) is 11.8 Å². The second-order valence-electron chi connectivity index (χ2n) is 2.84. The van der Waals surface area contributed by atoms with Crippen LogP contribution < -0.4 is 5.32 Å². The zero-order valence-corrected chi connectivity index (χ0v) is 6.16. The first-order valence-corrected chi connectivity index (χ1v) is 3.52. The molecule has 2 atom stereocenters. The van der Waals surface area contributed by atoms with Gasteiger partial charge in [0.1, 0.15) is 0 Å². The van der Waals surface area contributed by atoms with Crippen LogP contribution in [0.3, 0.4) is 0 Å². The van der Waals surface area contributed by atoms with Crippen LogP contribution in [0, 0.1) is 0 Å². The highest BCUT2D eigenvalue weighted by Crippen LogP contribution is 2.38. The Morgan fingerprint density at radius 3 is 2.33 bits per heavy atom. The molecule has 0 saturated carbocycles. The average molecular weight is 187 g/mol. The highest BCUT2D eigenvalue weighted by atomic mass is 19.4. The Morgan fingerprint density at radius 2 is 2.00 bits per heavy atom. The smallest absolute Gasteiger partial charge is 0.378 e. The summed E-state index contributed by atoms with van der Waals surface area (Å²) >= 11 is 0. The maximum atomic E-state index is 12.7. The molecule has 6 heteroatoms. The van der Waals surface area contributed by atoms with Crippen molar-refractivity contribution in [1.29, 1.82) is 0 Å². The minimum Gasteiger partial charge on any atom is -0.378 e. The molecule has 1 heterocycles. The van der Waals surface area contributed by atoms with Gasteiger partial charge in [-0.2, -0.15) is 13.2 Å². The fraction of sp³-hybridized carbons (Fsp3) is 1.00. The van der Waals surface area contributed by atoms with Crippen molar-refractivity contribution in [2.45, 2.75) is 24.4 Å². The molecule has 2 N–H and O–H groups in total. The topological polar surface area (TPSA) is 32.3 Å². The van der Waals surface area contributed by atoms with E-state index in [0.29, 0.717) is 0 Å². The minimum atomic E-state index is -4.88. The fourth-order valence-corrected chi connectivity index (χ4v) is 1.15. The number of piperidine rings is 1. The van der Waals surface area contributed by atoms with E-state index < -0.39 is 30.9 Å².